The second-order valence-corrected chi connectivity index (χ2v) is 7.24. The van der Waals surface area contributed by atoms with Crippen LogP contribution in [0.5, 0.6) is 5.75 Å². The molecule has 5 heteroatoms. The minimum atomic E-state index is -0.0507. The van der Waals surface area contributed by atoms with Crippen LogP contribution >= 0.6 is 11.3 Å². The Morgan fingerprint density at radius 2 is 2.12 bits per heavy atom. The number of nitrogens with one attached hydrogen (secondary N) is 1. The molecule has 0 spiro atoms. The summed E-state index contributed by atoms with van der Waals surface area (Å²) in [7, 11) is 1.65. The van der Waals surface area contributed by atoms with Crippen LogP contribution < -0.4 is 10.1 Å². The zero-order valence-electron chi connectivity index (χ0n) is 14.1. The van der Waals surface area contributed by atoms with Crippen molar-refractivity contribution in [3.05, 3.63) is 64.0 Å². The summed E-state index contributed by atoms with van der Waals surface area (Å²) >= 11 is 1.56. The van der Waals surface area contributed by atoms with E-state index in [0.29, 0.717) is 11.6 Å². The number of hydrogen-bond donors (Lipinski definition) is 1. The molecule has 0 bridgehead atoms. The van der Waals surface area contributed by atoms with Crippen molar-refractivity contribution >= 4 is 22.4 Å². The van der Waals surface area contributed by atoms with E-state index in [2.05, 4.69) is 28.5 Å². The molecule has 2 aromatic carbocycles. The van der Waals surface area contributed by atoms with E-state index in [9.17, 15) is 4.79 Å². The Morgan fingerprint density at radius 3 is 2.92 bits per heavy atom. The lowest BCUT2D eigenvalue weighted by Gasteiger charge is -2.07. The monoisotopic (exact) mass is 350 g/mol. The zero-order valence-corrected chi connectivity index (χ0v) is 14.9. The molecule has 0 saturated heterocycles. The Kier molecular flexibility index (Phi) is 4.01. The number of amides is 1. The SMILES string of the molecule is COc1ccc(CC(=O)Nc2nc3c(s2)Cc2ccccc2-3)cc1C. The van der Waals surface area contributed by atoms with Gasteiger partial charge in [-0.25, -0.2) is 4.98 Å². The van der Waals surface area contributed by atoms with Gasteiger partial charge in [-0.1, -0.05) is 36.4 Å². The summed E-state index contributed by atoms with van der Waals surface area (Å²) in [6.07, 6.45) is 1.22. The third kappa shape index (κ3) is 3.03. The number of carbonyl (C=O) groups is 1. The van der Waals surface area contributed by atoms with Crippen molar-refractivity contribution in [1.29, 1.82) is 0 Å². The maximum Gasteiger partial charge on any atom is 0.230 e. The van der Waals surface area contributed by atoms with E-state index in [1.165, 1.54) is 16.0 Å². The van der Waals surface area contributed by atoms with Crippen molar-refractivity contribution in [2.24, 2.45) is 0 Å². The molecule has 25 heavy (non-hydrogen) atoms. The van der Waals surface area contributed by atoms with E-state index < -0.39 is 0 Å². The van der Waals surface area contributed by atoms with Gasteiger partial charge in [0.2, 0.25) is 5.91 Å². The molecule has 0 radical (unpaired) electrons. The number of methoxy groups -OCH3 is 1. The van der Waals surface area contributed by atoms with E-state index in [0.717, 1.165) is 29.0 Å². The molecule has 1 amide bonds. The first-order chi connectivity index (χ1) is 12.1. The van der Waals surface area contributed by atoms with Gasteiger partial charge < -0.3 is 10.1 Å². The number of rotatable bonds is 4. The number of aryl methyl sites for hydroxylation is 1. The summed E-state index contributed by atoms with van der Waals surface area (Å²) < 4.78 is 5.26. The van der Waals surface area contributed by atoms with Crippen LogP contribution in [0.4, 0.5) is 5.13 Å². The van der Waals surface area contributed by atoms with Gasteiger partial charge in [0.05, 0.1) is 19.2 Å². The van der Waals surface area contributed by atoms with Crippen molar-refractivity contribution in [2.75, 3.05) is 12.4 Å². The summed E-state index contributed by atoms with van der Waals surface area (Å²) in [6, 6.07) is 14.1. The number of thiazole rings is 1. The highest BCUT2D eigenvalue weighted by Gasteiger charge is 2.23. The normalized spacial score (nSPS) is 11.8. The molecular weight excluding hydrogens is 332 g/mol. The number of benzene rings is 2. The molecule has 3 aromatic rings. The van der Waals surface area contributed by atoms with Crippen molar-refractivity contribution in [1.82, 2.24) is 4.98 Å². The summed E-state index contributed by atoms with van der Waals surface area (Å²) in [6.45, 7) is 1.98. The molecule has 0 fully saturated rings. The molecule has 1 heterocycles. The molecule has 1 N–H and O–H groups in total. The van der Waals surface area contributed by atoms with Gasteiger partial charge in [-0.2, -0.15) is 0 Å². The number of ether oxygens (including phenoxy) is 1. The molecule has 1 aromatic heterocycles. The van der Waals surface area contributed by atoms with Gasteiger partial charge in [0, 0.05) is 16.9 Å². The maximum atomic E-state index is 12.3. The van der Waals surface area contributed by atoms with Crippen molar-refractivity contribution in [3.63, 3.8) is 0 Å². The largest absolute Gasteiger partial charge is 0.496 e. The summed E-state index contributed by atoms with van der Waals surface area (Å²) in [5.41, 5.74) is 5.49. The van der Waals surface area contributed by atoms with E-state index in [-0.39, 0.29) is 5.91 Å². The Bertz CT molecular complexity index is 962. The maximum absolute atomic E-state index is 12.3. The molecule has 126 valence electrons. The van der Waals surface area contributed by atoms with Gasteiger partial charge in [-0.3, -0.25) is 4.79 Å². The lowest BCUT2D eigenvalue weighted by molar-refractivity contribution is -0.115. The number of carbonyl (C=O) groups excluding carboxylic acids is 1. The van der Waals surface area contributed by atoms with E-state index in [1.807, 2.05) is 31.2 Å². The highest BCUT2D eigenvalue weighted by Crippen LogP contribution is 2.40. The fourth-order valence-electron chi connectivity index (χ4n) is 3.21. The Hall–Kier alpha value is -2.66. The molecular formula is C20H18N2O2S. The van der Waals surface area contributed by atoms with Crippen LogP contribution in [0, 0.1) is 6.92 Å². The molecule has 1 aliphatic rings. The van der Waals surface area contributed by atoms with Crippen LogP contribution in [-0.4, -0.2) is 18.0 Å². The number of aromatic nitrogens is 1. The summed E-state index contributed by atoms with van der Waals surface area (Å²) in [4.78, 5) is 18.2. The quantitative estimate of drug-likeness (QED) is 0.600. The van der Waals surface area contributed by atoms with E-state index in [4.69, 9.17) is 4.74 Å². The average Bonchev–Trinajstić information content (AvgIpc) is 3.12. The van der Waals surface area contributed by atoms with Crippen LogP contribution in [0.2, 0.25) is 0 Å². The number of hydrogen-bond acceptors (Lipinski definition) is 4. The van der Waals surface area contributed by atoms with Gasteiger partial charge in [-0.15, -0.1) is 11.3 Å². The van der Waals surface area contributed by atoms with Crippen LogP contribution in [0.1, 0.15) is 21.6 Å². The second-order valence-electron chi connectivity index (χ2n) is 6.15. The fourth-order valence-corrected chi connectivity index (χ4v) is 4.23. The predicted octanol–water partition coefficient (Wildman–Crippen LogP) is 4.21. The molecule has 4 nitrogen and oxygen atoms in total. The van der Waals surface area contributed by atoms with Crippen molar-refractivity contribution in [2.45, 2.75) is 19.8 Å². The average molecular weight is 350 g/mol. The summed E-state index contributed by atoms with van der Waals surface area (Å²) in [5, 5.41) is 3.61. The van der Waals surface area contributed by atoms with E-state index in [1.54, 1.807) is 18.4 Å². The van der Waals surface area contributed by atoms with Gasteiger partial charge >= 0.3 is 0 Å². The lowest BCUT2D eigenvalue weighted by Crippen LogP contribution is -2.14. The lowest BCUT2D eigenvalue weighted by atomic mass is 10.1. The number of nitrogens with zero attached hydrogens (tertiary/aromatic N) is 1. The van der Waals surface area contributed by atoms with Gasteiger partial charge in [-0.05, 0) is 29.7 Å². The first-order valence-electron chi connectivity index (χ1n) is 8.15. The third-order valence-electron chi connectivity index (χ3n) is 4.39. The molecule has 0 aliphatic heterocycles. The van der Waals surface area contributed by atoms with Gasteiger partial charge in [0.15, 0.2) is 5.13 Å². The van der Waals surface area contributed by atoms with Crippen LogP contribution in [0.25, 0.3) is 11.3 Å². The fraction of sp³-hybridized carbons (Fsp3) is 0.200. The van der Waals surface area contributed by atoms with Crippen molar-refractivity contribution < 1.29 is 9.53 Å². The highest BCUT2D eigenvalue weighted by molar-refractivity contribution is 7.16. The molecule has 1 aliphatic carbocycles. The zero-order chi connectivity index (χ0) is 17.4. The Morgan fingerprint density at radius 1 is 1.28 bits per heavy atom. The molecule has 4 rings (SSSR count). The summed E-state index contributed by atoms with van der Waals surface area (Å²) in [5.74, 6) is 0.782. The van der Waals surface area contributed by atoms with Crippen LogP contribution in [0.15, 0.2) is 42.5 Å². The molecule has 0 unspecified atom stereocenters. The molecule has 0 saturated carbocycles. The second kappa shape index (κ2) is 6.33. The smallest absolute Gasteiger partial charge is 0.230 e. The van der Waals surface area contributed by atoms with Gasteiger partial charge in [0.25, 0.3) is 0 Å². The topological polar surface area (TPSA) is 51.2 Å². The minimum absolute atomic E-state index is 0.0507. The van der Waals surface area contributed by atoms with E-state index >= 15 is 0 Å². The standard InChI is InChI=1S/C20H18N2O2S/c1-12-9-13(7-8-16(12)24-2)10-18(23)21-20-22-19-15-6-4-3-5-14(15)11-17(19)25-20/h3-9H,10-11H2,1-2H3,(H,21,22,23). The first-order valence-corrected chi connectivity index (χ1v) is 8.97. The van der Waals surface area contributed by atoms with Crippen LogP contribution in [-0.2, 0) is 17.6 Å². The molecule has 0 atom stereocenters. The highest BCUT2D eigenvalue weighted by atomic mass is 32.1. The first kappa shape index (κ1) is 15.8. The number of fused-ring (bicyclic) bond motifs is 3. The predicted molar refractivity (Wildman–Crippen MR) is 100 cm³/mol. The third-order valence-corrected chi connectivity index (χ3v) is 5.36. The van der Waals surface area contributed by atoms with Crippen molar-refractivity contribution in [3.8, 4) is 17.0 Å². The number of anilines is 1. The van der Waals surface area contributed by atoms with Crippen LogP contribution in [0.3, 0.4) is 0 Å². The Labute approximate surface area is 150 Å². The van der Waals surface area contributed by atoms with Gasteiger partial charge in [0.1, 0.15) is 5.75 Å². The Balaban J connectivity index is 1.47. The minimum Gasteiger partial charge on any atom is -0.496 e.